The van der Waals surface area contributed by atoms with Crippen molar-refractivity contribution in [1.82, 2.24) is 20.1 Å². The van der Waals surface area contributed by atoms with E-state index in [0.29, 0.717) is 32.4 Å². The quantitative estimate of drug-likeness (QED) is 0.719. The van der Waals surface area contributed by atoms with Crippen LogP contribution in [0.15, 0.2) is 16.6 Å². The molecule has 1 aromatic heterocycles. The van der Waals surface area contributed by atoms with E-state index in [-0.39, 0.29) is 11.6 Å². The summed E-state index contributed by atoms with van der Waals surface area (Å²) < 4.78 is 1.89. The Morgan fingerprint density at radius 2 is 2.30 bits per heavy atom. The van der Waals surface area contributed by atoms with Crippen molar-refractivity contribution in [2.45, 2.75) is 44.8 Å². The fourth-order valence-electron chi connectivity index (χ4n) is 1.92. The third-order valence-corrected chi connectivity index (χ3v) is 3.29. The number of aryl methyl sites for hydroxylation is 1. The van der Waals surface area contributed by atoms with Crippen LogP contribution in [-0.2, 0) is 11.3 Å². The van der Waals surface area contributed by atoms with Crippen LogP contribution in [0.25, 0.3) is 0 Å². The Balaban J connectivity index is 1.62. The second-order valence-corrected chi connectivity index (χ2v) is 4.81. The molecule has 1 aromatic rings. The predicted molar refractivity (Wildman–Crippen MR) is 72.7 cm³/mol. The van der Waals surface area contributed by atoms with Crippen LogP contribution in [0.2, 0.25) is 0 Å². The van der Waals surface area contributed by atoms with Gasteiger partial charge in [-0.1, -0.05) is 0 Å². The Kier molecular flexibility index (Phi) is 4.45. The van der Waals surface area contributed by atoms with Crippen LogP contribution in [0, 0.1) is 19.3 Å². The molecule has 0 fully saturated rings. The maximum atomic E-state index is 11.7. The molecule has 0 unspecified atom stereocenters. The monoisotopic (exact) mass is 274 g/mol. The first-order valence-corrected chi connectivity index (χ1v) is 6.64. The summed E-state index contributed by atoms with van der Waals surface area (Å²) >= 11 is 0. The topological polar surface area (TPSA) is 84.5 Å². The van der Waals surface area contributed by atoms with E-state index in [1.807, 2.05) is 11.5 Å². The summed E-state index contributed by atoms with van der Waals surface area (Å²) in [7, 11) is 0. The molecule has 1 aliphatic heterocycles. The van der Waals surface area contributed by atoms with Crippen molar-refractivity contribution >= 4 is 5.91 Å². The van der Waals surface area contributed by atoms with Gasteiger partial charge in [0.15, 0.2) is 5.66 Å². The normalized spacial score (nSPS) is 14.8. The highest BCUT2D eigenvalue weighted by Crippen LogP contribution is 2.37. The average molecular weight is 274 g/mol. The number of rotatable bonds is 8. The van der Waals surface area contributed by atoms with Gasteiger partial charge in [0.25, 0.3) is 0 Å². The molecule has 7 nitrogen and oxygen atoms in total. The Bertz CT molecular complexity index is 535. The standard InChI is InChI=1S/C13H18N6O/c1-3-4-6-13(17-18-13)7-5-12(20)14-8-9-19-10-15-16-11(19)2/h1,10H,4-9H2,2H3,(H,14,20). The van der Waals surface area contributed by atoms with E-state index < -0.39 is 0 Å². The van der Waals surface area contributed by atoms with Crippen molar-refractivity contribution in [3.63, 3.8) is 0 Å². The molecule has 0 bridgehead atoms. The minimum absolute atomic E-state index is 0.00751. The Morgan fingerprint density at radius 1 is 1.50 bits per heavy atom. The van der Waals surface area contributed by atoms with Gasteiger partial charge in [0, 0.05) is 38.8 Å². The molecule has 106 valence electrons. The number of hydrogen-bond acceptors (Lipinski definition) is 5. The van der Waals surface area contributed by atoms with E-state index in [4.69, 9.17) is 6.42 Å². The van der Waals surface area contributed by atoms with Gasteiger partial charge in [-0.3, -0.25) is 4.79 Å². The van der Waals surface area contributed by atoms with Crippen LogP contribution in [0.5, 0.6) is 0 Å². The third-order valence-electron chi connectivity index (χ3n) is 3.29. The molecule has 1 N–H and O–H groups in total. The fourth-order valence-corrected chi connectivity index (χ4v) is 1.92. The highest BCUT2D eigenvalue weighted by atomic mass is 16.1. The van der Waals surface area contributed by atoms with Gasteiger partial charge < -0.3 is 9.88 Å². The van der Waals surface area contributed by atoms with E-state index in [1.54, 1.807) is 6.33 Å². The Morgan fingerprint density at radius 3 is 2.90 bits per heavy atom. The van der Waals surface area contributed by atoms with E-state index >= 15 is 0 Å². The van der Waals surface area contributed by atoms with Gasteiger partial charge in [-0.05, 0) is 6.92 Å². The Labute approximate surface area is 117 Å². The number of amides is 1. The summed E-state index contributed by atoms with van der Waals surface area (Å²) in [6.07, 6.45) is 9.29. The molecule has 1 amide bonds. The second kappa shape index (κ2) is 6.28. The zero-order valence-electron chi connectivity index (χ0n) is 11.5. The van der Waals surface area contributed by atoms with Gasteiger partial charge in [0.1, 0.15) is 12.2 Å². The molecule has 2 heterocycles. The average Bonchev–Trinajstić information content (AvgIpc) is 3.11. The molecule has 20 heavy (non-hydrogen) atoms. The van der Waals surface area contributed by atoms with Gasteiger partial charge in [0.2, 0.25) is 5.91 Å². The third kappa shape index (κ3) is 3.88. The number of terminal acetylenes is 1. The number of hydrogen-bond donors (Lipinski definition) is 1. The maximum absolute atomic E-state index is 11.7. The summed E-state index contributed by atoms with van der Waals surface area (Å²) in [5.74, 6) is 3.42. The van der Waals surface area contributed by atoms with Crippen molar-refractivity contribution in [3.05, 3.63) is 12.2 Å². The van der Waals surface area contributed by atoms with Crippen LogP contribution >= 0.6 is 0 Å². The van der Waals surface area contributed by atoms with Crippen molar-refractivity contribution in [2.75, 3.05) is 6.54 Å². The van der Waals surface area contributed by atoms with E-state index in [1.165, 1.54) is 0 Å². The fraction of sp³-hybridized carbons (Fsp3) is 0.615. The van der Waals surface area contributed by atoms with Crippen LogP contribution in [0.1, 0.15) is 31.5 Å². The summed E-state index contributed by atoms with van der Waals surface area (Å²) in [5, 5.41) is 18.5. The molecule has 7 heteroatoms. The zero-order chi connectivity index (χ0) is 14.4. The summed E-state index contributed by atoms with van der Waals surface area (Å²) in [6.45, 7) is 3.10. The van der Waals surface area contributed by atoms with E-state index in [9.17, 15) is 4.79 Å². The molecule has 0 saturated carbocycles. The zero-order valence-corrected chi connectivity index (χ0v) is 11.5. The van der Waals surface area contributed by atoms with Crippen molar-refractivity contribution in [2.24, 2.45) is 10.2 Å². The number of aromatic nitrogens is 3. The number of carbonyl (C=O) groups is 1. The highest BCUT2D eigenvalue weighted by molar-refractivity contribution is 5.75. The lowest BCUT2D eigenvalue weighted by Gasteiger charge is -2.09. The molecule has 0 aliphatic carbocycles. The van der Waals surface area contributed by atoms with Gasteiger partial charge >= 0.3 is 0 Å². The van der Waals surface area contributed by atoms with E-state index in [0.717, 1.165) is 12.2 Å². The number of nitrogens with zero attached hydrogens (tertiary/aromatic N) is 5. The maximum Gasteiger partial charge on any atom is 0.220 e. The van der Waals surface area contributed by atoms with Crippen molar-refractivity contribution in [3.8, 4) is 12.3 Å². The minimum Gasteiger partial charge on any atom is -0.354 e. The summed E-state index contributed by atoms with van der Waals surface area (Å²) in [5.41, 5.74) is -0.380. The van der Waals surface area contributed by atoms with Gasteiger partial charge in [-0.25, -0.2) is 0 Å². The Hall–Kier alpha value is -2.23. The SMILES string of the molecule is C#CCCC1(CCC(=O)NCCn2cnnc2C)N=N1. The van der Waals surface area contributed by atoms with Crippen LogP contribution in [-0.4, -0.2) is 32.9 Å². The lowest BCUT2D eigenvalue weighted by Crippen LogP contribution is -2.28. The first kappa shape index (κ1) is 14.2. The molecule has 0 aromatic carbocycles. The molecule has 0 radical (unpaired) electrons. The molecule has 0 saturated heterocycles. The highest BCUT2D eigenvalue weighted by Gasteiger charge is 2.39. The number of carbonyl (C=O) groups excluding carboxylic acids is 1. The lowest BCUT2D eigenvalue weighted by molar-refractivity contribution is -0.121. The number of nitrogens with one attached hydrogen (secondary N) is 1. The predicted octanol–water partition coefficient (Wildman–Crippen LogP) is 1.06. The summed E-state index contributed by atoms with van der Waals surface area (Å²) in [6, 6.07) is 0. The smallest absolute Gasteiger partial charge is 0.220 e. The van der Waals surface area contributed by atoms with Gasteiger partial charge in [0.05, 0.1) is 0 Å². The molecule has 2 rings (SSSR count). The molecule has 0 spiro atoms. The first-order chi connectivity index (χ1) is 9.65. The first-order valence-electron chi connectivity index (χ1n) is 6.64. The minimum atomic E-state index is -0.380. The summed E-state index contributed by atoms with van der Waals surface area (Å²) in [4.78, 5) is 11.7. The molecule has 1 aliphatic rings. The van der Waals surface area contributed by atoms with Crippen LogP contribution < -0.4 is 5.32 Å². The van der Waals surface area contributed by atoms with Gasteiger partial charge in [-0.2, -0.15) is 10.2 Å². The van der Waals surface area contributed by atoms with Crippen molar-refractivity contribution < 1.29 is 4.79 Å². The molecule has 0 atom stereocenters. The van der Waals surface area contributed by atoms with Gasteiger partial charge in [-0.15, -0.1) is 22.5 Å². The van der Waals surface area contributed by atoms with Crippen LogP contribution in [0.3, 0.4) is 0 Å². The van der Waals surface area contributed by atoms with E-state index in [2.05, 4.69) is 31.7 Å². The molecular weight excluding hydrogens is 256 g/mol. The second-order valence-electron chi connectivity index (χ2n) is 4.81. The largest absolute Gasteiger partial charge is 0.354 e. The lowest BCUT2D eigenvalue weighted by atomic mass is 10.0. The molecular formula is C13H18N6O. The van der Waals surface area contributed by atoms with Crippen LogP contribution in [0.4, 0.5) is 0 Å². The van der Waals surface area contributed by atoms with Crippen molar-refractivity contribution in [1.29, 1.82) is 0 Å².